The molecular formula is C24H25N3O2S. The summed E-state index contributed by atoms with van der Waals surface area (Å²) in [7, 11) is 1.64. The summed E-state index contributed by atoms with van der Waals surface area (Å²) in [4.78, 5) is 16.9. The summed E-state index contributed by atoms with van der Waals surface area (Å²) in [6, 6.07) is 18.6. The maximum absolute atomic E-state index is 13.0. The Morgan fingerprint density at radius 2 is 1.83 bits per heavy atom. The van der Waals surface area contributed by atoms with Crippen LogP contribution in [0.5, 0.6) is 5.75 Å². The average Bonchev–Trinajstić information content (AvgIpc) is 2.79. The van der Waals surface area contributed by atoms with E-state index in [-0.39, 0.29) is 11.8 Å². The molecule has 0 aliphatic carbocycles. The normalized spacial score (nSPS) is 19.0. The van der Waals surface area contributed by atoms with E-state index >= 15 is 0 Å². The molecule has 0 aromatic heterocycles. The van der Waals surface area contributed by atoms with Crippen LogP contribution in [-0.4, -0.2) is 30.5 Å². The minimum atomic E-state index is -0.171. The summed E-state index contributed by atoms with van der Waals surface area (Å²) in [5.74, 6) is 1.84. The number of allylic oxidation sites excluding steroid dienone is 1. The molecule has 2 heterocycles. The fraction of sp³-hybridized carbons (Fsp3) is 0.333. The second-order valence-electron chi connectivity index (χ2n) is 7.88. The predicted molar refractivity (Wildman–Crippen MR) is 120 cm³/mol. The van der Waals surface area contributed by atoms with Gasteiger partial charge in [0.05, 0.1) is 36.3 Å². The number of nitriles is 1. The molecule has 2 aromatic rings. The molecule has 1 saturated heterocycles. The number of carbonyl (C=O) groups is 1. The van der Waals surface area contributed by atoms with Gasteiger partial charge in [0.15, 0.2) is 0 Å². The summed E-state index contributed by atoms with van der Waals surface area (Å²) in [6.07, 6.45) is 0.324. The van der Waals surface area contributed by atoms with Gasteiger partial charge in [-0.15, -0.1) is 0 Å². The van der Waals surface area contributed by atoms with Crippen LogP contribution in [-0.2, 0) is 4.79 Å². The Morgan fingerprint density at radius 3 is 2.43 bits per heavy atom. The maximum atomic E-state index is 13.0. The standard InChI is InChI=1S/C24H25N3O2S/c1-16(2)17-4-6-18(7-5-17)21-12-23(28)27-14-26(15-30-24(27)22(21)13-25)19-8-10-20(29-3)11-9-19/h4-11,16,21H,12,14-15H2,1-3H3/t21-/m1/s1. The van der Waals surface area contributed by atoms with E-state index in [2.05, 4.69) is 49.1 Å². The van der Waals surface area contributed by atoms with Gasteiger partial charge in [-0.2, -0.15) is 5.26 Å². The molecule has 5 nitrogen and oxygen atoms in total. The van der Waals surface area contributed by atoms with Gasteiger partial charge in [-0.25, -0.2) is 0 Å². The summed E-state index contributed by atoms with van der Waals surface area (Å²) in [5.41, 5.74) is 4.02. The number of amides is 1. The molecule has 0 saturated carbocycles. The first-order valence-electron chi connectivity index (χ1n) is 10.1. The number of thioether (sulfide) groups is 1. The Kier molecular flexibility index (Phi) is 5.74. The number of benzene rings is 2. The van der Waals surface area contributed by atoms with Crippen LogP contribution < -0.4 is 9.64 Å². The van der Waals surface area contributed by atoms with Crippen LogP contribution >= 0.6 is 11.8 Å². The number of methoxy groups -OCH3 is 1. The van der Waals surface area contributed by atoms with Crippen molar-refractivity contribution in [2.75, 3.05) is 24.6 Å². The van der Waals surface area contributed by atoms with Gasteiger partial charge in [0, 0.05) is 18.0 Å². The fourth-order valence-corrected chi connectivity index (χ4v) is 5.08. The largest absolute Gasteiger partial charge is 0.497 e. The monoisotopic (exact) mass is 419 g/mol. The van der Waals surface area contributed by atoms with Crippen molar-refractivity contribution in [3.8, 4) is 11.8 Å². The number of carbonyl (C=O) groups excluding carboxylic acids is 1. The van der Waals surface area contributed by atoms with Gasteiger partial charge in [0.1, 0.15) is 5.75 Å². The van der Waals surface area contributed by atoms with Crippen molar-refractivity contribution in [2.24, 2.45) is 0 Å². The van der Waals surface area contributed by atoms with Crippen LogP contribution in [0.4, 0.5) is 5.69 Å². The molecule has 4 rings (SSSR count). The van der Waals surface area contributed by atoms with Crippen molar-refractivity contribution in [1.82, 2.24) is 4.90 Å². The topological polar surface area (TPSA) is 56.6 Å². The zero-order valence-corrected chi connectivity index (χ0v) is 18.3. The van der Waals surface area contributed by atoms with E-state index in [1.54, 1.807) is 23.8 Å². The molecule has 0 spiro atoms. The molecule has 154 valence electrons. The van der Waals surface area contributed by atoms with Gasteiger partial charge in [-0.1, -0.05) is 49.9 Å². The number of nitrogens with zero attached hydrogens (tertiary/aromatic N) is 3. The lowest BCUT2D eigenvalue weighted by atomic mass is 9.85. The Bertz CT molecular complexity index is 1010. The molecule has 6 heteroatoms. The van der Waals surface area contributed by atoms with Gasteiger partial charge in [-0.3, -0.25) is 9.69 Å². The summed E-state index contributed by atoms with van der Waals surface area (Å²) >= 11 is 1.56. The van der Waals surface area contributed by atoms with Gasteiger partial charge in [0.2, 0.25) is 5.91 Å². The van der Waals surface area contributed by atoms with Gasteiger partial charge in [0.25, 0.3) is 0 Å². The Morgan fingerprint density at radius 1 is 1.13 bits per heavy atom. The van der Waals surface area contributed by atoms with E-state index in [1.165, 1.54) is 5.56 Å². The number of rotatable bonds is 4. The minimum absolute atomic E-state index is 0.0626. The lowest BCUT2D eigenvalue weighted by molar-refractivity contribution is -0.129. The van der Waals surface area contributed by atoms with Crippen molar-refractivity contribution in [3.05, 3.63) is 70.3 Å². The van der Waals surface area contributed by atoms with E-state index in [0.717, 1.165) is 22.0 Å². The fourth-order valence-electron chi connectivity index (χ4n) is 3.92. The number of ether oxygens (including phenoxy) is 1. The van der Waals surface area contributed by atoms with Crippen molar-refractivity contribution in [2.45, 2.75) is 32.1 Å². The highest BCUT2D eigenvalue weighted by atomic mass is 32.2. The second-order valence-corrected chi connectivity index (χ2v) is 8.82. The molecular weight excluding hydrogens is 394 g/mol. The first kappa shape index (κ1) is 20.4. The van der Waals surface area contributed by atoms with E-state index < -0.39 is 0 Å². The van der Waals surface area contributed by atoms with Crippen LogP contribution in [0.2, 0.25) is 0 Å². The van der Waals surface area contributed by atoms with Crippen molar-refractivity contribution >= 4 is 23.4 Å². The number of hydrogen-bond donors (Lipinski definition) is 0. The van der Waals surface area contributed by atoms with Crippen LogP contribution in [0, 0.1) is 11.3 Å². The zero-order chi connectivity index (χ0) is 21.3. The SMILES string of the molecule is COc1ccc(N2CSC3=C(C#N)[C@@H](c4ccc(C(C)C)cc4)CC(=O)N3C2)cc1. The van der Waals surface area contributed by atoms with E-state index in [4.69, 9.17) is 4.74 Å². The van der Waals surface area contributed by atoms with E-state index in [9.17, 15) is 10.1 Å². The van der Waals surface area contributed by atoms with Crippen LogP contribution in [0.25, 0.3) is 0 Å². The molecule has 0 unspecified atom stereocenters. The molecule has 0 radical (unpaired) electrons. The van der Waals surface area contributed by atoms with Gasteiger partial charge >= 0.3 is 0 Å². The molecule has 0 N–H and O–H groups in total. The lowest BCUT2D eigenvalue weighted by Gasteiger charge is -2.42. The number of hydrogen-bond acceptors (Lipinski definition) is 5. The predicted octanol–water partition coefficient (Wildman–Crippen LogP) is 5.04. The van der Waals surface area contributed by atoms with Crippen molar-refractivity contribution in [1.29, 1.82) is 5.26 Å². The average molecular weight is 420 g/mol. The van der Waals surface area contributed by atoms with Crippen LogP contribution in [0.3, 0.4) is 0 Å². The third-order valence-electron chi connectivity index (χ3n) is 5.74. The first-order chi connectivity index (χ1) is 14.5. The second kappa shape index (κ2) is 8.45. The highest BCUT2D eigenvalue weighted by Gasteiger charge is 2.38. The Hall–Kier alpha value is -2.91. The molecule has 1 amide bonds. The number of anilines is 1. The summed E-state index contributed by atoms with van der Waals surface area (Å²) in [5, 5.41) is 10.7. The molecule has 1 fully saturated rings. The third kappa shape index (κ3) is 3.78. The molecule has 30 heavy (non-hydrogen) atoms. The van der Waals surface area contributed by atoms with Crippen LogP contribution in [0.1, 0.15) is 43.2 Å². The van der Waals surface area contributed by atoms with Crippen molar-refractivity contribution in [3.63, 3.8) is 0 Å². The summed E-state index contributed by atoms with van der Waals surface area (Å²) in [6.45, 7) is 4.78. The quantitative estimate of drug-likeness (QED) is 0.695. The van der Waals surface area contributed by atoms with Gasteiger partial charge < -0.3 is 9.64 Å². The molecule has 2 aromatic carbocycles. The maximum Gasteiger partial charge on any atom is 0.229 e. The molecule has 1 atom stereocenters. The zero-order valence-electron chi connectivity index (χ0n) is 17.5. The Balaban J connectivity index is 1.60. The highest BCUT2D eigenvalue weighted by Crippen LogP contribution is 2.43. The van der Waals surface area contributed by atoms with E-state index in [0.29, 0.717) is 30.5 Å². The lowest BCUT2D eigenvalue weighted by Crippen LogP contribution is -2.47. The first-order valence-corrected chi connectivity index (χ1v) is 11.1. The third-order valence-corrected chi connectivity index (χ3v) is 6.89. The van der Waals surface area contributed by atoms with Crippen LogP contribution in [0.15, 0.2) is 59.1 Å². The molecule has 2 aliphatic heterocycles. The molecule has 0 bridgehead atoms. The smallest absolute Gasteiger partial charge is 0.229 e. The van der Waals surface area contributed by atoms with E-state index in [1.807, 2.05) is 24.3 Å². The summed E-state index contributed by atoms with van der Waals surface area (Å²) < 4.78 is 5.23. The molecule has 2 aliphatic rings. The van der Waals surface area contributed by atoms with Crippen molar-refractivity contribution < 1.29 is 9.53 Å². The number of fused-ring (bicyclic) bond motifs is 1. The minimum Gasteiger partial charge on any atom is -0.497 e. The van der Waals surface area contributed by atoms with Gasteiger partial charge in [-0.05, 0) is 41.3 Å². The Labute approximate surface area is 181 Å². The highest BCUT2D eigenvalue weighted by molar-refractivity contribution is 8.03.